The van der Waals surface area contributed by atoms with E-state index in [-0.39, 0.29) is 0 Å². The highest BCUT2D eigenvalue weighted by molar-refractivity contribution is 9.10. The summed E-state index contributed by atoms with van der Waals surface area (Å²) in [6, 6.07) is 1.88. The lowest BCUT2D eigenvalue weighted by atomic mass is 10.5. The molecule has 0 radical (unpaired) electrons. The smallest absolute Gasteiger partial charge is 0.373 e. The lowest BCUT2D eigenvalue weighted by molar-refractivity contribution is 0.140. The second kappa shape index (κ2) is 4.99. The molecule has 1 aromatic rings. The molecule has 0 saturated carbocycles. The molecule has 1 rings (SSSR count). The molecule has 6 heteroatoms. The van der Waals surface area contributed by atoms with Crippen LogP contribution in [0.3, 0.4) is 0 Å². The molecule has 0 bridgehead atoms. The Kier molecular flexibility index (Phi) is 4.21. The predicted molar refractivity (Wildman–Crippen MR) is 58.4 cm³/mol. The Morgan fingerprint density at radius 2 is 1.71 bits per heavy atom. The van der Waals surface area contributed by atoms with Gasteiger partial charge in [-0.1, -0.05) is 0 Å². The Hall–Kier alpha value is -0.273. The van der Waals surface area contributed by atoms with E-state index < -0.39 is 8.80 Å². The van der Waals surface area contributed by atoms with E-state index in [2.05, 4.69) is 20.9 Å². The molecule has 0 saturated heterocycles. The normalized spacial score (nSPS) is 11.7. The first kappa shape index (κ1) is 11.8. The Bertz CT molecular complexity index is 298. The van der Waals surface area contributed by atoms with Crippen LogP contribution >= 0.6 is 15.9 Å². The minimum atomic E-state index is -2.72. The third kappa shape index (κ3) is 2.21. The molecule has 78 valence electrons. The van der Waals surface area contributed by atoms with Crippen molar-refractivity contribution in [2.75, 3.05) is 21.3 Å². The van der Waals surface area contributed by atoms with Gasteiger partial charge < -0.3 is 13.3 Å². The summed E-state index contributed by atoms with van der Waals surface area (Å²) in [7, 11) is 1.99. The Morgan fingerprint density at radius 3 is 2.14 bits per heavy atom. The van der Waals surface area contributed by atoms with E-state index in [4.69, 9.17) is 13.3 Å². The fourth-order valence-electron chi connectivity index (χ4n) is 1.18. The van der Waals surface area contributed by atoms with Crippen LogP contribution in [-0.4, -0.2) is 35.1 Å². The Labute approximate surface area is 92.7 Å². The average molecular weight is 278 g/mol. The summed E-state index contributed by atoms with van der Waals surface area (Å²) >= 11 is 3.34. The second-order valence-electron chi connectivity index (χ2n) is 2.56. The molecule has 0 unspecified atom stereocenters. The quantitative estimate of drug-likeness (QED) is 0.768. The van der Waals surface area contributed by atoms with Crippen LogP contribution < -0.4 is 5.19 Å². The van der Waals surface area contributed by atoms with E-state index in [1.54, 1.807) is 33.7 Å². The summed E-state index contributed by atoms with van der Waals surface area (Å²) in [5.74, 6) is 0. The van der Waals surface area contributed by atoms with E-state index >= 15 is 0 Å². The van der Waals surface area contributed by atoms with Crippen molar-refractivity contribution in [2.45, 2.75) is 0 Å². The molecule has 14 heavy (non-hydrogen) atoms. The zero-order valence-corrected chi connectivity index (χ0v) is 10.9. The molecule has 0 aliphatic heterocycles. The fraction of sp³-hybridized carbons (Fsp3) is 0.375. The van der Waals surface area contributed by atoms with Crippen molar-refractivity contribution < 1.29 is 13.3 Å². The van der Waals surface area contributed by atoms with E-state index in [1.165, 1.54) is 0 Å². The molecule has 0 aliphatic carbocycles. The third-order valence-electron chi connectivity index (χ3n) is 1.86. The van der Waals surface area contributed by atoms with Crippen LogP contribution in [0.2, 0.25) is 0 Å². The van der Waals surface area contributed by atoms with Crippen LogP contribution in [0.25, 0.3) is 0 Å². The zero-order chi connectivity index (χ0) is 10.6. The lowest BCUT2D eigenvalue weighted by Gasteiger charge is -2.24. The van der Waals surface area contributed by atoms with Gasteiger partial charge in [0.15, 0.2) is 0 Å². The molecule has 0 atom stereocenters. The van der Waals surface area contributed by atoms with Crippen LogP contribution in [0, 0.1) is 0 Å². The molecule has 1 heterocycles. The van der Waals surface area contributed by atoms with E-state index in [1.807, 2.05) is 6.07 Å². The van der Waals surface area contributed by atoms with Crippen molar-refractivity contribution in [3.63, 3.8) is 0 Å². The van der Waals surface area contributed by atoms with Crippen LogP contribution in [0.1, 0.15) is 0 Å². The summed E-state index contributed by atoms with van der Waals surface area (Å²) in [4.78, 5) is 4.04. The van der Waals surface area contributed by atoms with Gasteiger partial charge in [0, 0.05) is 43.4 Å². The molecule has 0 aliphatic rings. The number of halogens is 1. The van der Waals surface area contributed by atoms with E-state index in [0.717, 1.165) is 9.66 Å². The number of aromatic nitrogens is 1. The highest BCUT2D eigenvalue weighted by Crippen LogP contribution is 2.10. The van der Waals surface area contributed by atoms with Gasteiger partial charge in [0.25, 0.3) is 0 Å². The summed E-state index contributed by atoms with van der Waals surface area (Å²) in [5, 5.41) is 0.833. The SMILES string of the molecule is CO[Si](OC)(OC)c1cncc(Br)c1. The predicted octanol–water partition coefficient (Wildman–Crippen LogP) is 0.929. The average Bonchev–Trinajstić information content (AvgIpc) is 2.22. The number of nitrogens with zero attached hydrogens (tertiary/aromatic N) is 1. The molecule has 0 amide bonds. The maximum absolute atomic E-state index is 5.31. The highest BCUT2D eigenvalue weighted by Gasteiger charge is 2.41. The number of hydrogen-bond acceptors (Lipinski definition) is 4. The Balaban J connectivity index is 3.10. The van der Waals surface area contributed by atoms with E-state index in [9.17, 15) is 0 Å². The molecule has 0 aromatic carbocycles. The maximum atomic E-state index is 5.31. The molecule has 0 spiro atoms. The van der Waals surface area contributed by atoms with Crippen LogP contribution in [0.15, 0.2) is 22.9 Å². The topological polar surface area (TPSA) is 40.6 Å². The number of pyridine rings is 1. The van der Waals surface area contributed by atoms with Crippen molar-refractivity contribution >= 4 is 29.9 Å². The molecular formula is C8H12BrNO3Si. The fourth-order valence-corrected chi connectivity index (χ4v) is 3.53. The minimum absolute atomic E-state index is 0.833. The van der Waals surface area contributed by atoms with Crippen LogP contribution in [0.5, 0.6) is 0 Å². The molecule has 0 fully saturated rings. The van der Waals surface area contributed by atoms with Gasteiger partial charge in [0.1, 0.15) is 0 Å². The summed E-state index contributed by atoms with van der Waals surface area (Å²) in [5.41, 5.74) is 0. The van der Waals surface area contributed by atoms with Gasteiger partial charge >= 0.3 is 8.80 Å². The zero-order valence-electron chi connectivity index (χ0n) is 8.28. The minimum Gasteiger partial charge on any atom is -0.373 e. The summed E-state index contributed by atoms with van der Waals surface area (Å²) in [6.07, 6.45) is 3.39. The van der Waals surface area contributed by atoms with Crippen molar-refractivity contribution in [3.05, 3.63) is 22.9 Å². The van der Waals surface area contributed by atoms with Crippen molar-refractivity contribution in [1.29, 1.82) is 0 Å². The van der Waals surface area contributed by atoms with Gasteiger partial charge in [0.05, 0.1) is 0 Å². The summed E-state index contributed by atoms with van der Waals surface area (Å²) < 4.78 is 16.8. The molecule has 4 nitrogen and oxygen atoms in total. The molecular weight excluding hydrogens is 266 g/mol. The third-order valence-corrected chi connectivity index (χ3v) is 4.89. The van der Waals surface area contributed by atoms with Gasteiger partial charge in [0.2, 0.25) is 0 Å². The maximum Gasteiger partial charge on any atom is 0.538 e. The number of hydrogen-bond donors (Lipinski definition) is 0. The van der Waals surface area contributed by atoms with Gasteiger partial charge in [-0.3, -0.25) is 4.98 Å². The first-order valence-corrected chi connectivity index (χ1v) is 6.46. The van der Waals surface area contributed by atoms with Crippen LogP contribution in [-0.2, 0) is 13.3 Å². The second-order valence-corrected chi connectivity index (χ2v) is 6.39. The van der Waals surface area contributed by atoms with E-state index in [0.29, 0.717) is 0 Å². The van der Waals surface area contributed by atoms with Gasteiger partial charge in [-0.15, -0.1) is 0 Å². The van der Waals surface area contributed by atoms with Crippen LogP contribution in [0.4, 0.5) is 0 Å². The van der Waals surface area contributed by atoms with Crippen molar-refractivity contribution in [1.82, 2.24) is 4.98 Å². The largest absolute Gasteiger partial charge is 0.538 e. The van der Waals surface area contributed by atoms with Gasteiger partial charge in [-0.05, 0) is 22.0 Å². The first-order valence-electron chi connectivity index (χ1n) is 3.95. The van der Waals surface area contributed by atoms with Crippen molar-refractivity contribution in [2.24, 2.45) is 0 Å². The Morgan fingerprint density at radius 1 is 1.14 bits per heavy atom. The first-order chi connectivity index (χ1) is 6.68. The summed E-state index contributed by atoms with van der Waals surface area (Å²) in [6.45, 7) is 0. The molecule has 1 aromatic heterocycles. The lowest BCUT2D eigenvalue weighted by Crippen LogP contribution is -2.54. The van der Waals surface area contributed by atoms with Gasteiger partial charge in [-0.25, -0.2) is 0 Å². The number of rotatable bonds is 4. The van der Waals surface area contributed by atoms with Crippen molar-refractivity contribution in [3.8, 4) is 0 Å². The standard InChI is InChI=1S/C8H12BrNO3Si/c1-11-14(12-2,13-3)8-4-7(9)5-10-6-8/h4-6H,1-3H3. The monoisotopic (exact) mass is 277 g/mol. The van der Waals surface area contributed by atoms with Gasteiger partial charge in [-0.2, -0.15) is 0 Å². The molecule has 0 N–H and O–H groups in total. The highest BCUT2D eigenvalue weighted by atomic mass is 79.9.